The fraction of sp³-hybridized carbons (Fsp3) is 0.294. The third-order valence-electron chi connectivity index (χ3n) is 9.73. The molecule has 0 aromatic heterocycles. The summed E-state index contributed by atoms with van der Waals surface area (Å²) < 4.78 is 19.2. The number of likely N-dealkylation sites (tertiary alicyclic amines) is 1. The van der Waals surface area contributed by atoms with Crippen LogP contribution in [0, 0.1) is 23.6 Å². The first-order valence-electron chi connectivity index (χ1n) is 14.5. The van der Waals surface area contributed by atoms with Gasteiger partial charge in [0, 0.05) is 11.5 Å². The minimum absolute atomic E-state index is 0.0745. The maximum atomic E-state index is 14.4. The average Bonchev–Trinajstić information content (AvgIpc) is 3.36. The van der Waals surface area contributed by atoms with E-state index in [1.807, 2.05) is 30.3 Å². The van der Waals surface area contributed by atoms with Crippen molar-refractivity contribution in [1.29, 1.82) is 0 Å². The zero-order valence-electron chi connectivity index (χ0n) is 24.0. The van der Waals surface area contributed by atoms with E-state index < -0.39 is 57.0 Å². The predicted octanol–water partition coefficient (Wildman–Crippen LogP) is 5.30. The number of amides is 4. The largest absolute Gasteiger partial charge is 0.504 e. The van der Waals surface area contributed by atoms with Crippen LogP contribution >= 0.6 is 23.2 Å². The van der Waals surface area contributed by atoms with Gasteiger partial charge in [-0.25, -0.2) is 9.29 Å². The topological polar surface area (TPSA) is 104 Å². The van der Waals surface area contributed by atoms with Crippen LogP contribution in [0.2, 0.25) is 0 Å². The number of rotatable bonds is 5. The molecule has 0 radical (unpaired) electrons. The second-order valence-corrected chi connectivity index (χ2v) is 13.1. The second-order valence-electron chi connectivity index (χ2n) is 11.9. The lowest BCUT2D eigenvalue weighted by molar-refractivity contribution is -0.141. The number of halogens is 3. The van der Waals surface area contributed by atoms with E-state index in [4.69, 9.17) is 27.9 Å². The summed E-state index contributed by atoms with van der Waals surface area (Å²) in [6.45, 7) is 0.0921. The van der Waals surface area contributed by atoms with Crippen molar-refractivity contribution in [2.45, 2.75) is 35.1 Å². The summed E-state index contributed by atoms with van der Waals surface area (Å²) in [5.41, 5.74) is 1.58. The van der Waals surface area contributed by atoms with Gasteiger partial charge in [0.25, 0.3) is 11.8 Å². The number of hydrogen-bond acceptors (Lipinski definition) is 6. The Hall–Kier alpha value is -4.21. The van der Waals surface area contributed by atoms with Gasteiger partial charge < -0.3 is 9.84 Å². The van der Waals surface area contributed by atoms with E-state index in [2.05, 4.69) is 0 Å². The van der Waals surface area contributed by atoms with E-state index in [0.717, 1.165) is 22.6 Å². The van der Waals surface area contributed by atoms with Crippen LogP contribution in [-0.2, 0) is 25.7 Å². The minimum atomic E-state index is -2.16. The number of nitrogens with zero attached hydrogens (tertiary/aromatic N) is 2. The maximum Gasteiger partial charge on any atom is 0.258 e. The molecule has 3 aromatic carbocycles. The molecule has 11 heteroatoms. The highest BCUT2D eigenvalue weighted by Crippen LogP contribution is 2.66. The van der Waals surface area contributed by atoms with Gasteiger partial charge in [-0.05, 0) is 54.7 Å². The maximum absolute atomic E-state index is 14.4. The quantitative estimate of drug-likeness (QED) is 0.229. The van der Waals surface area contributed by atoms with E-state index in [1.165, 1.54) is 30.2 Å². The summed E-state index contributed by atoms with van der Waals surface area (Å²) in [4.78, 5) is 54.3. The molecule has 1 N–H and O–H groups in total. The molecule has 0 bridgehead atoms. The number of phenols is 1. The van der Waals surface area contributed by atoms with Gasteiger partial charge >= 0.3 is 0 Å². The molecule has 2 aliphatic carbocycles. The number of phenolic OH excluding ortho intramolecular Hbond substituents is 1. The molecule has 4 amide bonds. The molecule has 0 spiro atoms. The Labute approximate surface area is 268 Å². The molecule has 8 nitrogen and oxygen atoms in total. The van der Waals surface area contributed by atoms with Crippen molar-refractivity contribution in [3.05, 3.63) is 101 Å². The molecule has 4 aliphatic rings. The van der Waals surface area contributed by atoms with Gasteiger partial charge in [0.05, 0.1) is 31.2 Å². The molecule has 3 aromatic rings. The van der Waals surface area contributed by atoms with Crippen molar-refractivity contribution in [2.24, 2.45) is 17.8 Å². The number of carbonyl (C=O) groups excluding carboxylic acids is 4. The van der Waals surface area contributed by atoms with Crippen molar-refractivity contribution in [3.8, 4) is 11.5 Å². The molecule has 0 unspecified atom stereocenters. The number of anilines is 1. The van der Waals surface area contributed by atoms with Crippen LogP contribution in [0.3, 0.4) is 0 Å². The third kappa shape index (κ3) is 4.03. The number of hydrogen-bond donors (Lipinski definition) is 1. The van der Waals surface area contributed by atoms with Crippen LogP contribution in [0.15, 0.2) is 84.4 Å². The van der Waals surface area contributed by atoms with Gasteiger partial charge in [-0.2, -0.15) is 0 Å². The molecule has 2 aliphatic heterocycles. The number of ether oxygens (including phenoxy) is 1. The molecule has 45 heavy (non-hydrogen) atoms. The highest BCUT2D eigenvalue weighted by Gasteiger charge is 2.77. The molecule has 7 rings (SSSR count). The monoisotopic (exact) mass is 648 g/mol. The molecule has 2 heterocycles. The number of benzene rings is 3. The number of aromatic hydroxyl groups is 1. The molecule has 2 saturated heterocycles. The fourth-order valence-electron chi connectivity index (χ4n) is 7.67. The smallest absolute Gasteiger partial charge is 0.258 e. The van der Waals surface area contributed by atoms with Crippen LogP contribution in [0.4, 0.5) is 10.1 Å². The predicted molar refractivity (Wildman–Crippen MR) is 163 cm³/mol. The first-order chi connectivity index (χ1) is 21.5. The molecule has 3 fully saturated rings. The summed E-state index contributed by atoms with van der Waals surface area (Å²) in [5, 5.41) is 11.4. The van der Waals surface area contributed by atoms with Crippen molar-refractivity contribution >= 4 is 52.5 Å². The van der Waals surface area contributed by atoms with Gasteiger partial charge in [0.2, 0.25) is 11.8 Å². The fourth-order valence-corrected chi connectivity index (χ4v) is 8.59. The lowest BCUT2D eigenvalue weighted by atomic mass is 9.56. The first-order valence-corrected chi connectivity index (χ1v) is 15.3. The van der Waals surface area contributed by atoms with Crippen LogP contribution in [0.5, 0.6) is 11.5 Å². The van der Waals surface area contributed by atoms with Crippen LogP contribution < -0.4 is 9.64 Å². The van der Waals surface area contributed by atoms with Crippen LogP contribution in [-0.4, -0.2) is 50.5 Å². The van der Waals surface area contributed by atoms with Crippen molar-refractivity contribution < 1.29 is 33.4 Å². The number of alkyl halides is 2. The highest BCUT2D eigenvalue weighted by atomic mass is 35.5. The highest BCUT2D eigenvalue weighted by molar-refractivity contribution is 6.58. The summed E-state index contributed by atoms with van der Waals surface area (Å²) in [7, 11) is 1.37. The van der Waals surface area contributed by atoms with E-state index in [9.17, 15) is 28.7 Å². The Balaban J connectivity index is 1.39. The molecular weight excluding hydrogens is 622 g/mol. The molecule has 6 atom stereocenters. The number of methoxy groups -OCH3 is 1. The Morgan fingerprint density at radius 1 is 0.911 bits per heavy atom. The van der Waals surface area contributed by atoms with Crippen molar-refractivity contribution in [1.82, 2.24) is 4.90 Å². The van der Waals surface area contributed by atoms with E-state index in [0.29, 0.717) is 5.57 Å². The van der Waals surface area contributed by atoms with E-state index in [1.54, 1.807) is 18.2 Å². The number of para-hydroxylation sites is 1. The SMILES string of the molecule is COc1cccc([C@H]2C3=CC[C@@H]4C(=O)N(Cc5ccccc5)C(=O)[C@@H]4[C@@H]3C[C@@]3(Cl)C(=O)N(c4ccc(F)cc4)C(=O)[C@@]23Cl)c1O. The van der Waals surface area contributed by atoms with Gasteiger partial charge in [-0.1, -0.05) is 54.1 Å². The standard InChI is InChI=1S/C34H27Cl2FN2O6/c1-45-25-9-5-8-23(28(25)40)27-21-14-15-22-26(30(42)38(29(22)41)17-18-6-3-2-4-7-18)24(21)16-33(35)31(43)39(32(44)34(27,33)36)20-12-10-19(37)11-13-20/h2-14,22,24,26-27,40H,15-17H2,1H3/t22-,24+,26-,27+,33+,34-/m0/s1. The first kappa shape index (κ1) is 29.5. The molecule has 230 valence electrons. The Morgan fingerprint density at radius 3 is 2.31 bits per heavy atom. The summed E-state index contributed by atoms with van der Waals surface area (Å²) in [6.07, 6.45) is 1.78. The molecule has 1 saturated carbocycles. The number of fused-ring (bicyclic) bond motifs is 4. The van der Waals surface area contributed by atoms with Crippen molar-refractivity contribution in [2.75, 3.05) is 12.0 Å². The normalized spacial score (nSPS) is 30.6. The van der Waals surface area contributed by atoms with Crippen molar-refractivity contribution in [3.63, 3.8) is 0 Å². The van der Waals surface area contributed by atoms with Gasteiger partial charge in [-0.3, -0.25) is 24.1 Å². The van der Waals surface area contributed by atoms with Gasteiger partial charge in [0.15, 0.2) is 21.2 Å². The summed E-state index contributed by atoms with van der Waals surface area (Å²) in [6, 6.07) is 18.7. The zero-order chi connectivity index (χ0) is 31.8. The Bertz CT molecular complexity index is 1800. The minimum Gasteiger partial charge on any atom is -0.504 e. The number of imide groups is 2. The molecular formula is C34H27Cl2FN2O6. The van der Waals surface area contributed by atoms with Gasteiger partial charge in [-0.15, -0.1) is 23.2 Å². The second kappa shape index (κ2) is 10.4. The Kier molecular flexibility index (Phi) is 6.83. The number of allylic oxidation sites excluding steroid dienone is 2. The zero-order valence-corrected chi connectivity index (χ0v) is 25.5. The Morgan fingerprint density at radius 2 is 1.62 bits per heavy atom. The van der Waals surface area contributed by atoms with Crippen LogP contribution in [0.1, 0.15) is 29.9 Å². The lowest BCUT2D eigenvalue weighted by Crippen LogP contribution is -2.60. The number of carbonyl (C=O) groups is 4. The lowest BCUT2D eigenvalue weighted by Gasteiger charge is -2.50. The summed E-state index contributed by atoms with van der Waals surface area (Å²) in [5.74, 6) is -6.65. The van der Waals surface area contributed by atoms with E-state index >= 15 is 0 Å². The summed E-state index contributed by atoms with van der Waals surface area (Å²) >= 11 is 14.7. The third-order valence-corrected chi connectivity index (χ3v) is 11.1. The van der Waals surface area contributed by atoms with Crippen LogP contribution in [0.25, 0.3) is 0 Å². The average molecular weight is 650 g/mol. The van der Waals surface area contributed by atoms with E-state index in [-0.39, 0.29) is 48.0 Å². The van der Waals surface area contributed by atoms with Gasteiger partial charge in [0.1, 0.15) is 5.82 Å².